The summed E-state index contributed by atoms with van der Waals surface area (Å²) < 4.78 is 21.0. The maximum absolute atomic E-state index is 13.5. The van der Waals surface area contributed by atoms with Crippen molar-refractivity contribution in [2.75, 3.05) is 5.32 Å². The van der Waals surface area contributed by atoms with Crippen molar-refractivity contribution in [2.24, 2.45) is 0 Å². The van der Waals surface area contributed by atoms with Gasteiger partial charge in [0.2, 0.25) is 0 Å². The molecule has 5 nitrogen and oxygen atoms in total. The standard InChI is InChI=1S/C26H23ClFN3O2/c1-17-25(18(2)31(30-17)15-20-5-3-7-23(28)13-20)29-26(32)21-11-9-19(10-12-21)16-33-24-8-4-6-22(27)14-24/h3-14H,15-16H2,1-2H3,(H,29,32). The zero-order valence-corrected chi connectivity index (χ0v) is 19.1. The number of nitrogens with one attached hydrogen (secondary N) is 1. The number of ether oxygens (including phenoxy) is 1. The third-order valence-corrected chi connectivity index (χ3v) is 5.49. The molecule has 1 aromatic heterocycles. The number of hydrogen-bond donors (Lipinski definition) is 1. The van der Waals surface area contributed by atoms with Gasteiger partial charge in [-0.2, -0.15) is 5.10 Å². The van der Waals surface area contributed by atoms with Crippen LogP contribution in [-0.4, -0.2) is 15.7 Å². The Labute approximate surface area is 196 Å². The number of rotatable bonds is 7. The predicted molar refractivity (Wildman–Crippen MR) is 127 cm³/mol. The molecule has 4 aromatic rings. The van der Waals surface area contributed by atoms with Crippen molar-refractivity contribution in [1.82, 2.24) is 9.78 Å². The highest BCUT2D eigenvalue weighted by atomic mass is 35.5. The van der Waals surface area contributed by atoms with Crippen LogP contribution in [-0.2, 0) is 13.2 Å². The van der Waals surface area contributed by atoms with Crippen molar-refractivity contribution >= 4 is 23.2 Å². The van der Waals surface area contributed by atoms with Gasteiger partial charge in [-0.25, -0.2) is 4.39 Å². The number of aromatic nitrogens is 2. The molecule has 0 radical (unpaired) electrons. The number of carbonyl (C=O) groups excluding carboxylic acids is 1. The zero-order valence-electron chi connectivity index (χ0n) is 18.3. The minimum absolute atomic E-state index is 0.228. The third-order valence-electron chi connectivity index (χ3n) is 5.26. The lowest BCUT2D eigenvalue weighted by atomic mass is 10.1. The lowest BCUT2D eigenvalue weighted by Crippen LogP contribution is -2.13. The van der Waals surface area contributed by atoms with Crippen LogP contribution in [0.25, 0.3) is 0 Å². The Morgan fingerprint density at radius 3 is 2.52 bits per heavy atom. The fraction of sp³-hybridized carbons (Fsp3) is 0.154. The molecular formula is C26H23ClFN3O2. The quantitative estimate of drug-likeness (QED) is 0.356. The number of aryl methyl sites for hydroxylation is 1. The SMILES string of the molecule is Cc1nn(Cc2cccc(F)c2)c(C)c1NC(=O)c1ccc(COc2cccc(Cl)c2)cc1. The first-order valence-corrected chi connectivity index (χ1v) is 10.8. The molecule has 0 aliphatic heterocycles. The normalized spacial score (nSPS) is 10.8. The molecule has 7 heteroatoms. The molecular weight excluding hydrogens is 441 g/mol. The average Bonchev–Trinajstić information content (AvgIpc) is 3.05. The first-order chi connectivity index (χ1) is 15.9. The highest BCUT2D eigenvalue weighted by Crippen LogP contribution is 2.22. The van der Waals surface area contributed by atoms with Crippen molar-refractivity contribution in [2.45, 2.75) is 27.0 Å². The second-order valence-corrected chi connectivity index (χ2v) is 8.17. The van der Waals surface area contributed by atoms with E-state index in [1.165, 1.54) is 12.1 Å². The van der Waals surface area contributed by atoms with Crippen molar-refractivity contribution < 1.29 is 13.9 Å². The minimum Gasteiger partial charge on any atom is -0.489 e. The molecule has 0 bridgehead atoms. The van der Waals surface area contributed by atoms with E-state index in [9.17, 15) is 9.18 Å². The molecule has 0 saturated carbocycles. The second kappa shape index (κ2) is 9.88. The highest BCUT2D eigenvalue weighted by Gasteiger charge is 2.16. The Morgan fingerprint density at radius 1 is 1.03 bits per heavy atom. The summed E-state index contributed by atoms with van der Waals surface area (Å²) in [7, 11) is 0. The molecule has 0 spiro atoms. The van der Waals surface area contributed by atoms with Gasteiger partial charge >= 0.3 is 0 Å². The van der Waals surface area contributed by atoms with E-state index in [1.54, 1.807) is 35.0 Å². The van der Waals surface area contributed by atoms with Crippen LogP contribution in [0, 0.1) is 19.7 Å². The fourth-order valence-corrected chi connectivity index (χ4v) is 3.68. The van der Waals surface area contributed by atoms with E-state index in [1.807, 2.05) is 44.2 Å². The molecule has 0 aliphatic rings. The van der Waals surface area contributed by atoms with Crippen LogP contribution in [0.15, 0.2) is 72.8 Å². The first-order valence-electron chi connectivity index (χ1n) is 10.5. The van der Waals surface area contributed by atoms with Gasteiger partial charge in [0, 0.05) is 10.6 Å². The maximum Gasteiger partial charge on any atom is 0.255 e. The summed E-state index contributed by atoms with van der Waals surface area (Å²) >= 11 is 5.97. The van der Waals surface area contributed by atoms with Gasteiger partial charge in [-0.1, -0.05) is 41.9 Å². The Balaban J connectivity index is 1.41. The Hall–Kier alpha value is -3.64. The van der Waals surface area contributed by atoms with E-state index in [0.717, 1.165) is 16.8 Å². The predicted octanol–water partition coefficient (Wildman–Crippen LogP) is 6.17. The summed E-state index contributed by atoms with van der Waals surface area (Å²) in [6, 6.07) is 20.8. The summed E-state index contributed by atoms with van der Waals surface area (Å²) in [4.78, 5) is 12.8. The van der Waals surface area contributed by atoms with Gasteiger partial charge in [0.1, 0.15) is 18.2 Å². The topological polar surface area (TPSA) is 56.2 Å². The van der Waals surface area contributed by atoms with Gasteiger partial charge in [0.25, 0.3) is 5.91 Å². The lowest BCUT2D eigenvalue weighted by molar-refractivity contribution is 0.102. The molecule has 33 heavy (non-hydrogen) atoms. The van der Waals surface area contributed by atoms with E-state index < -0.39 is 0 Å². The van der Waals surface area contributed by atoms with Crippen LogP contribution in [0.2, 0.25) is 5.02 Å². The molecule has 1 amide bonds. The molecule has 0 unspecified atom stereocenters. The fourth-order valence-electron chi connectivity index (χ4n) is 3.50. The van der Waals surface area contributed by atoms with Crippen molar-refractivity contribution in [3.05, 3.63) is 112 Å². The van der Waals surface area contributed by atoms with Crippen LogP contribution in [0.4, 0.5) is 10.1 Å². The molecule has 1 N–H and O–H groups in total. The van der Waals surface area contributed by atoms with E-state index >= 15 is 0 Å². The van der Waals surface area contributed by atoms with Crippen LogP contribution >= 0.6 is 11.6 Å². The molecule has 0 fully saturated rings. The van der Waals surface area contributed by atoms with E-state index in [-0.39, 0.29) is 11.7 Å². The first kappa shape index (κ1) is 22.6. The number of benzene rings is 3. The molecule has 0 atom stereocenters. The van der Waals surface area contributed by atoms with Gasteiger partial charge < -0.3 is 10.1 Å². The van der Waals surface area contributed by atoms with Crippen molar-refractivity contribution in [3.8, 4) is 5.75 Å². The monoisotopic (exact) mass is 463 g/mol. The highest BCUT2D eigenvalue weighted by molar-refractivity contribution is 6.30. The van der Waals surface area contributed by atoms with Gasteiger partial charge in [0.15, 0.2) is 0 Å². The van der Waals surface area contributed by atoms with E-state index in [2.05, 4.69) is 10.4 Å². The third kappa shape index (κ3) is 5.59. The smallest absolute Gasteiger partial charge is 0.255 e. The molecule has 168 valence electrons. The largest absolute Gasteiger partial charge is 0.489 e. The van der Waals surface area contributed by atoms with Crippen LogP contribution in [0.5, 0.6) is 5.75 Å². The second-order valence-electron chi connectivity index (χ2n) is 7.73. The van der Waals surface area contributed by atoms with Gasteiger partial charge in [-0.3, -0.25) is 9.48 Å². The minimum atomic E-state index is -0.288. The summed E-state index contributed by atoms with van der Waals surface area (Å²) in [5, 5.41) is 8.08. The number of amides is 1. The van der Waals surface area contributed by atoms with Crippen LogP contribution < -0.4 is 10.1 Å². The van der Waals surface area contributed by atoms with Crippen LogP contribution in [0.1, 0.15) is 32.9 Å². The van der Waals surface area contributed by atoms with Gasteiger partial charge in [0.05, 0.1) is 23.6 Å². The summed E-state index contributed by atoms with van der Waals surface area (Å²) in [5.74, 6) is 0.170. The Kier molecular flexibility index (Phi) is 6.75. The molecule has 0 saturated heterocycles. The number of halogens is 2. The maximum atomic E-state index is 13.5. The average molecular weight is 464 g/mol. The molecule has 0 aliphatic carbocycles. The lowest BCUT2D eigenvalue weighted by Gasteiger charge is -2.09. The summed E-state index contributed by atoms with van der Waals surface area (Å²) in [6.07, 6.45) is 0. The van der Waals surface area contributed by atoms with Crippen molar-refractivity contribution in [3.63, 3.8) is 0 Å². The number of nitrogens with zero attached hydrogens (tertiary/aromatic N) is 2. The number of hydrogen-bond acceptors (Lipinski definition) is 3. The van der Waals surface area contributed by atoms with Crippen molar-refractivity contribution in [1.29, 1.82) is 0 Å². The van der Waals surface area contributed by atoms with Gasteiger partial charge in [-0.15, -0.1) is 0 Å². The molecule has 3 aromatic carbocycles. The summed E-state index contributed by atoms with van der Waals surface area (Å²) in [6.45, 7) is 4.50. The zero-order chi connectivity index (χ0) is 23.4. The Morgan fingerprint density at radius 2 is 1.79 bits per heavy atom. The van der Waals surface area contributed by atoms with Crippen LogP contribution in [0.3, 0.4) is 0 Å². The number of carbonyl (C=O) groups is 1. The molecule has 4 rings (SSSR count). The Bertz CT molecular complexity index is 1290. The van der Waals surface area contributed by atoms with E-state index in [4.69, 9.17) is 16.3 Å². The summed E-state index contributed by atoms with van der Waals surface area (Å²) in [5.41, 5.74) is 4.42. The number of anilines is 1. The van der Waals surface area contributed by atoms with Gasteiger partial charge in [-0.05, 0) is 67.4 Å². The van der Waals surface area contributed by atoms with E-state index in [0.29, 0.717) is 40.9 Å². The molecule has 1 heterocycles.